The Morgan fingerprint density at radius 2 is 1.91 bits per heavy atom. The number of rotatable bonds is 17. The standard InChI is InChI=1S/C29H44O4S/c1-3-4-11-22(2)20-25(30)17-18-26-27(31)21-24(16-15-23-12-7-5-8-13-23)29(26)34-19-10-6-9-14-28(32)33/h5,7-8,12-13,17-18,22,25-27,30-31H,3-4,6,9-11,14-16,19-21H2,1-2H3,(H,32,33)/t22-,25-,26+,27-/m1/s1. The van der Waals surface area contributed by atoms with Crippen LogP contribution in [0.1, 0.15) is 83.6 Å². The molecular weight excluding hydrogens is 444 g/mol. The first kappa shape index (κ1) is 28.7. The molecule has 0 fully saturated rings. The Bertz CT molecular complexity index is 774. The van der Waals surface area contributed by atoms with Crippen LogP contribution < -0.4 is 0 Å². The highest BCUT2D eigenvalue weighted by Crippen LogP contribution is 2.42. The molecule has 1 aliphatic rings. The lowest BCUT2D eigenvalue weighted by Crippen LogP contribution is -2.15. The first-order chi connectivity index (χ1) is 16.4. The van der Waals surface area contributed by atoms with Crippen LogP contribution in [0, 0.1) is 11.8 Å². The summed E-state index contributed by atoms with van der Waals surface area (Å²) in [7, 11) is 0. The molecule has 0 heterocycles. The Labute approximate surface area is 210 Å². The van der Waals surface area contributed by atoms with Crippen molar-refractivity contribution in [1.82, 2.24) is 0 Å². The van der Waals surface area contributed by atoms with E-state index in [0.717, 1.165) is 44.3 Å². The summed E-state index contributed by atoms with van der Waals surface area (Å²) in [5.74, 6) is 0.627. The van der Waals surface area contributed by atoms with Gasteiger partial charge in [-0.1, -0.05) is 87.6 Å². The molecule has 1 aromatic carbocycles. The summed E-state index contributed by atoms with van der Waals surface area (Å²) in [4.78, 5) is 12.0. The van der Waals surface area contributed by atoms with Gasteiger partial charge < -0.3 is 15.3 Å². The van der Waals surface area contributed by atoms with Gasteiger partial charge in [0.2, 0.25) is 0 Å². The number of benzene rings is 1. The first-order valence-corrected chi connectivity index (χ1v) is 14.0. The van der Waals surface area contributed by atoms with Crippen molar-refractivity contribution < 1.29 is 20.1 Å². The molecule has 0 saturated heterocycles. The molecule has 0 amide bonds. The second kappa shape index (κ2) is 16.2. The van der Waals surface area contributed by atoms with Crippen molar-refractivity contribution in [3.63, 3.8) is 0 Å². The van der Waals surface area contributed by atoms with Crippen LogP contribution in [0.3, 0.4) is 0 Å². The zero-order chi connectivity index (χ0) is 24.8. The fraction of sp³-hybridized carbons (Fsp3) is 0.621. The maximum absolute atomic E-state index is 10.9. The summed E-state index contributed by atoms with van der Waals surface area (Å²) in [6.45, 7) is 4.39. The van der Waals surface area contributed by atoms with Crippen LogP contribution in [0.2, 0.25) is 0 Å². The molecule has 0 spiro atoms. The Hall–Kier alpha value is -1.56. The Balaban J connectivity index is 2.01. The zero-order valence-electron chi connectivity index (χ0n) is 21.0. The van der Waals surface area contributed by atoms with Crippen LogP contribution >= 0.6 is 11.8 Å². The van der Waals surface area contributed by atoms with Gasteiger partial charge in [-0.15, -0.1) is 11.8 Å². The average molecular weight is 489 g/mol. The normalized spacial score (nSPS) is 20.2. The van der Waals surface area contributed by atoms with E-state index >= 15 is 0 Å². The van der Waals surface area contributed by atoms with E-state index in [1.54, 1.807) is 0 Å². The Morgan fingerprint density at radius 3 is 2.62 bits per heavy atom. The molecule has 0 aromatic heterocycles. The third kappa shape index (κ3) is 10.8. The SMILES string of the molecule is CCCC[C@@H](C)C[C@H](O)C=C[C@@H]1C(SCCCCCC(=O)O)=C(CCc2ccccc2)C[C@H]1O. The van der Waals surface area contributed by atoms with Gasteiger partial charge in [-0.05, 0) is 60.7 Å². The van der Waals surface area contributed by atoms with Crippen molar-refractivity contribution in [2.75, 3.05) is 5.75 Å². The third-order valence-electron chi connectivity index (χ3n) is 6.61. The van der Waals surface area contributed by atoms with Gasteiger partial charge in [0.05, 0.1) is 12.2 Å². The van der Waals surface area contributed by atoms with Gasteiger partial charge in [0.15, 0.2) is 0 Å². The minimum Gasteiger partial charge on any atom is -0.481 e. The fourth-order valence-electron chi connectivity index (χ4n) is 4.62. The highest BCUT2D eigenvalue weighted by molar-refractivity contribution is 8.03. The highest BCUT2D eigenvalue weighted by Gasteiger charge is 2.31. The van der Waals surface area contributed by atoms with E-state index in [1.165, 1.54) is 28.9 Å². The van der Waals surface area contributed by atoms with Crippen molar-refractivity contribution in [3.8, 4) is 0 Å². The topological polar surface area (TPSA) is 77.8 Å². The molecular formula is C29H44O4S. The molecule has 0 radical (unpaired) electrons. The molecule has 4 nitrogen and oxygen atoms in total. The number of carbonyl (C=O) groups is 1. The van der Waals surface area contributed by atoms with Crippen LogP contribution in [-0.2, 0) is 11.2 Å². The Morgan fingerprint density at radius 1 is 1.15 bits per heavy atom. The van der Waals surface area contributed by atoms with Crippen LogP contribution in [0.25, 0.3) is 0 Å². The molecule has 1 aliphatic carbocycles. The molecule has 5 heteroatoms. The molecule has 0 unspecified atom stereocenters. The second-order valence-corrected chi connectivity index (χ2v) is 10.9. The largest absolute Gasteiger partial charge is 0.481 e. The van der Waals surface area contributed by atoms with Gasteiger partial charge in [-0.3, -0.25) is 4.79 Å². The number of aliphatic hydroxyl groups excluding tert-OH is 2. The van der Waals surface area contributed by atoms with E-state index in [1.807, 2.05) is 30.0 Å². The lowest BCUT2D eigenvalue weighted by Gasteiger charge is -2.17. The second-order valence-electron chi connectivity index (χ2n) is 9.74. The van der Waals surface area contributed by atoms with Crippen molar-refractivity contribution in [2.45, 2.75) is 96.7 Å². The summed E-state index contributed by atoms with van der Waals surface area (Å²) in [6.07, 6.45) is 12.7. The molecule has 190 valence electrons. The third-order valence-corrected chi connectivity index (χ3v) is 7.97. The number of unbranched alkanes of at least 4 members (excludes halogenated alkanes) is 3. The van der Waals surface area contributed by atoms with E-state index in [2.05, 4.69) is 38.1 Å². The maximum Gasteiger partial charge on any atom is 0.303 e. The van der Waals surface area contributed by atoms with Crippen molar-refractivity contribution >= 4 is 17.7 Å². The smallest absolute Gasteiger partial charge is 0.303 e. The van der Waals surface area contributed by atoms with Gasteiger partial charge in [0.25, 0.3) is 0 Å². The number of aliphatic carboxylic acids is 1. The van der Waals surface area contributed by atoms with Crippen molar-refractivity contribution in [1.29, 1.82) is 0 Å². The zero-order valence-corrected chi connectivity index (χ0v) is 21.8. The summed E-state index contributed by atoms with van der Waals surface area (Å²) >= 11 is 1.81. The van der Waals surface area contributed by atoms with Crippen molar-refractivity contribution in [2.24, 2.45) is 11.8 Å². The van der Waals surface area contributed by atoms with Gasteiger partial charge in [-0.2, -0.15) is 0 Å². The fourth-order valence-corrected chi connectivity index (χ4v) is 6.00. The van der Waals surface area contributed by atoms with E-state index in [9.17, 15) is 15.0 Å². The van der Waals surface area contributed by atoms with Crippen LogP contribution in [-0.4, -0.2) is 39.2 Å². The van der Waals surface area contributed by atoms with E-state index in [0.29, 0.717) is 18.8 Å². The number of thioether (sulfide) groups is 1. The monoisotopic (exact) mass is 488 g/mol. The molecule has 34 heavy (non-hydrogen) atoms. The van der Waals surface area contributed by atoms with Crippen LogP contribution in [0.5, 0.6) is 0 Å². The number of carboxylic acid groups (broad SMARTS) is 1. The highest BCUT2D eigenvalue weighted by atomic mass is 32.2. The summed E-state index contributed by atoms with van der Waals surface area (Å²) < 4.78 is 0. The maximum atomic E-state index is 10.9. The summed E-state index contributed by atoms with van der Waals surface area (Å²) in [5, 5.41) is 30.3. The number of aliphatic hydroxyl groups is 2. The van der Waals surface area contributed by atoms with Gasteiger partial charge in [-0.25, -0.2) is 0 Å². The molecule has 0 bridgehead atoms. The van der Waals surface area contributed by atoms with Gasteiger partial charge in [0, 0.05) is 12.3 Å². The van der Waals surface area contributed by atoms with E-state index < -0.39 is 18.2 Å². The minimum absolute atomic E-state index is 0.0598. The number of carboxylic acids is 1. The summed E-state index contributed by atoms with van der Waals surface area (Å²) in [5.41, 5.74) is 2.63. The van der Waals surface area contributed by atoms with E-state index in [4.69, 9.17) is 5.11 Å². The molecule has 3 N–H and O–H groups in total. The lowest BCUT2D eigenvalue weighted by molar-refractivity contribution is -0.137. The number of hydrogen-bond acceptors (Lipinski definition) is 4. The number of aryl methyl sites for hydroxylation is 1. The lowest BCUT2D eigenvalue weighted by atomic mass is 9.96. The van der Waals surface area contributed by atoms with Crippen molar-refractivity contribution in [3.05, 3.63) is 58.5 Å². The molecule has 4 atom stereocenters. The molecule has 0 saturated carbocycles. The molecule has 0 aliphatic heterocycles. The van der Waals surface area contributed by atoms with Crippen LogP contribution in [0.4, 0.5) is 0 Å². The summed E-state index contributed by atoms with van der Waals surface area (Å²) in [6, 6.07) is 10.5. The molecule has 2 rings (SSSR count). The van der Waals surface area contributed by atoms with E-state index in [-0.39, 0.29) is 12.3 Å². The predicted molar refractivity (Wildman–Crippen MR) is 143 cm³/mol. The predicted octanol–water partition coefficient (Wildman–Crippen LogP) is 6.77. The minimum atomic E-state index is -0.731. The molecule has 1 aromatic rings. The van der Waals surface area contributed by atoms with Crippen LogP contribution in [0.15, 0.2) is 53.0 Å². The first-order valence-electron chi connectivity index (χ1n) is 13.1. The number of hydrogen-bond donors (Lipinski definition) is 3. The van der Waals surface area contributed by atoms with Gasteiger partial charge in [0.1, 0.15) is 0 Å². The van der Waals surface area contributed by atoms with Gasteiger partial charge >= 0.3 is 5.97 Å². The average Bonchev–Trinajstić information content (AvgIpc) is 3.11. The quantitative estimate of drug-likeness (QED) is 0.167. The Kier molecular flexibility index (Phi) is 13.6.